The fraction of sp³-hybridized carbons (Fsp3) is 0.444. The molecule has 9 heteroatoms. The van der Waals surface area contributed by atoms with Crippen LogP contribution < -0.4 is 15.0 Å². The lowest BCUT2D eigenvalue weighted by molar-refractivity contribution is -0.383. The van der Waals surface area contributed by atoms with E-state index in [1.54, 1.807) is 18.2 Å². The topological polar surface area (TPSA) is 93.4 Å². The number of ether oxygens (including phenoxy) is 1. The van der Waals surface area contributed by atoms with E-state index in [1.807, 2.05) is 4.90 Å². The van der Waals surface area contributed by atoms with Gasteiger partial charge in [-0.05, 0) is 43.9 Å². The van der Waals surface area contributed by atoms with Gasteiger partial charge in [0.25, 0.3) is 0 Å². The minimum Gasteiger partial charge on any atom is -0.495 e. The molecule has 2 heterocycles. The third kappa shape index (κ3) is 4.05. The number of nitrogens with zero attached hydrogens (tertiary/aromatic N) is 4. The van der Waals surface area contributed by atoms with E-state index in [4.69, 9.17) is 16.3 Å². The van der Waals surface area contributed by atoms with Gasteiger partial charge < -0.3 is 15.0 Å². The van der Waals surface area contributed by atoms with Crippen LogP contribution in [-0.2, 0) is 0 Å². The molecule has 1 aromatic carbocycles. The Balaban J connectivity index is 2.04. The fourth-order valence-corrected chi connectivity index (χ4v) is 3.62. The predicted octanol–water partition coefficient (Wildman–Crippen LogP) is 4.56. The Kier molecular flexibility index (Phi) is 5.95. The maximum Gasteiger partial charge on any atom is 0.353 e. The van der Waals surface area contributed by atoms with E-state index in [9.17, 15) is 10.1 Å². The van der Waals surface area contributed by atoms with Crippen molar-refractivity contribution in [2.24, 2.45) is 0 Å². The largest absolute Gasteiger partial charge is 0.495 e. The van der Waals surface area contributed by atoms with Crippen molar-refractivity contribution in [2.75, 3.05) is 23.9 Å². The van der Waals surface area contributed by atoms with E-state index in [2.05, 4.69) is 22.2 Å². The highest BCUT2D eigenvalue weighted by molar-refractivity contribution is 6.31. The van der Waals surface area contributed by atoms with Gasteiger partial charge in [0.2, 0.25) is 11.6 Å². The summed E-state index contributed by atoms with van der Waals surface area (Å²) in [5.74, 6) is 0.981. The first-order valence-electron chi connectivity index (χ1n) is 8.91. The van der Waals surface area contributed by atoms with Crippen LogP contribution in [0.15, 0.2) is 24.5 Å². The molecule has 144 valence electrons. The Morgan fingerprint density at radius 3 is 2.93 bits per heavy atom. The third-order valence-electron chi connectivity index (χ3n) is 4.77. The summed E-state index contributed by atoms with van der Waals surface area (Å²) < 4.78 is 5.31. The molecule has 0 bridgehead atoms. The number of benzene rings is 1. The monoisotopic (exact) mass is 391 g/mol. The van der Waals surface area contributed by atoms with E-state index in [1.165, 1.54) is 13.4 Å². The van der Waals surface area contributed by atoms with Gasteiger partial charge >= 0.3 is 5.69 Å². The van der Waals surface area contributed by atoms with E-state index in [-0.39, 0.29) is 17.5 Å². The van der Waals surface area contributed by atoms with Crippen LogP contribution in [-0.4, -0.2) is 34.6 Å². The summed E-state index contributed by atoms with van der Waals surface area (Å²) >= 11 is 6.06. The van der Waals surface area contributed by atoms with Crippen molar-refractivity contribution in [3.05, 3.63) is 39.7 Å². The number of nitrogens with one attached hydrogen (secondary N) is 1. The van der Waals surface area contributed by atoms with Gasteiger partial charge in [-0.25, -0.2) is 9.97 Å². The van der Waals surface area contributed by atoms with Gasteiger partial charge in [-0.2, -0.15) is 0 Å². The second-order valence-electron chi connectivity index (χ2n) is 6.37. The number of piperidine rings is 1. The van der Waals surface area contributed by atoms with Gasteiger partial charge in [0.15, 0.2) is 0 Å². The Bertz CT molecular complexity index is 833. The Morgan fingerprint density at radius 2 is 2.22 bits per heavy atom. The zero-order chi connectivity index (χ0) is 19.4. The molecule has 3 rings (SSSR count). The molecule has 1 saturated heterocycles. The molecule has 1 fully saturated rings. The smallest absolute Gasteiger partial charge is 0.353 e. The zero-order valence-corrected chi connectivity index (χ0v) is 16.1. The molecule has 1 unspecified atom stereocenters. The molecule has 1 atom stereocenters. The Labute approximate surface area is 162 Å². The first-order chi connectivity index (χ1) is 13.0. The van der Waals surface area contributed by atoms with Gasteiger partial charge in [-0.3, -0.25) is 10.1 Å². The van der Waals surface area contributed by atoms with Crippen LogP contribution in [0.1, 0.15) is 32.6 Å². The van der Waals surface area contributed by atoms with Crippen molar-refractivity contribution in [2.45, 2.75) is 38.6 Å². The molecule has 1 aliphatic heterocycles. The number of hydrogen-bond acceptors (Lipinski definition) is 7. The zero-order valence-electron chi connectivity index (χ0n) is 15.3. The minimum absolute atomic E-state index is 0.117. The van der Waals surface area contributed by atoms with Gasteiger partial charge in [0.05, 0.1) is 17.7 Å². The third-order valence-corrected chi connectivity index (χ3v) is 5.01. The van der Waals surface area contributed by atoms with Crippen molar-refractivity contribution in [1.29, 1.82) is 0 Å². The van der Waals surface area contributed by atoms with Crippen molar-refractivity contribution in [3.63, 3.8) is 0 Å². The summed E-state index contributed by atoms with van der Waals surface area (Å²) in [5, 5.41) is 15.4. The lowest BCUT2D eigenvalue weighted by Crippen LogP contribution is -2.40. The van der Waals surface area contributed by atoms with Gasteiger partial charge in [-0.15, -0.1) is 0 Å². The SMILES string of the molecule is CCC1CCCCN1c1ncnc(Nc2cc(Cl)ccc2OC)c1[N+](=O)[O-]. The molecule has 0 saturated carbocycles. The summed E-state index contributed by atoms with van der Waals surface area (Å²) in [4.78, 5) is 21.9. The molecular weight excluding hydrogens is 370 g/mol. The molecule has 0 amide bonds. The number of aromatic nitrogens is 2. The first-order valence-corrected chi connectivity index (χ1v) is 9.29. The normalized spacial score (nSPS) is 16.9. The predicted molar refractivity (Wildman–Crippen MR) is 105 cm³/mol. The second-order valence-corrected chi connectivity index (χ2v) is 6.81. The number of rotatable bonds is 6. The molecule has 8 nitrogen and oxygen atoms in total. The number of halogens is 1. The van der Waals surface area contributed by atoms with Crippen LogP contribution in [0.4, 0.5) is 23.0 Å². The molecule has 1 aliphatic rings. The number of anilines is 3. The Hall–Kier alpha value is -2.61. The minimum atomic E-state index is -0.435. The number of hydrogen-bond donors (Lipinski definition) is 1. The van der Waals surface area contributed by atoms with Crippen molar-refractivity contribution in [3.8, 4) is 5.75 Å². The summed E-state index contributed by atoms with van der Waals surface area (Å²) in [6.07, 6.45) is 5.37. The van der Waals surface area contributed by atoms with Gasteiger partial charge in [0.1, 0.15) is 12.1 Å². The maximum atomic E-state index is 11.9. The molecule has 0 radical (unpaired) electrons. The number of methoxy groups -OCH3 is 1. The molecule has 0 spiro atoms. The highest BCUT2D eigenvalue weighted by Crippen LogP contribution is 2.38. The summed E-state index contributed by atoms with van der Waals surface area (Å²) in [5.41, 5.74) is 0.364. The van der Waals surface area contributed by atoms with E-state index < -0.39 is 4.92 Å². The van der Waals surface area contributed by atoms with Crippen LogP contribution in [0.3, 0.4) is 0 Å². The van der Waals surface area contributed by atoms with Gasteiger partial charge in [-0.1, -0.05) is 18.5 Å². The van der Waals surface area contributed by atoms with Crippen LogP contribution in [0.25, 0.3) is 0 Å². The van der Waals surface area contributed by atoms with Crippen LogP contribution in [0, 0.1) is 10.1 Å². The molecule has 2 aromatic rings. The van der Waals surface area contributed by atoms with E-state index in [0.717, 1.165) is 32.2 Å². The highest BCUT2D eigenvalue weighted by Gasteiger charge is 2.32. The van der Waals surface area contributed by atoms with Crippen molar-refractivity contribution in [1.82, 2.24) is 9.97 Å². The Morgan fingerprint density at radius 1 is 1.41 bits per heavy atom. The summed E-state index contributed by atoms with van der Waals surface area (Å²) in [7, 11) is 1.52. The van der Waals surface area contributed by atoms with E-state index >= 15 is 0 Å². The summed E-state index contributed by atoms with van der Waals surface area (Å²) in [6.45, 7) is 2.84. The van der Waals surface area contributed by atoms with E-state index in [0.29, 0.717) is 22.3 Å². The van der Waals surface area contributed by atoms with Crippen LogP contribution in [0.5, 0.6) is 5.75 Å². The molecule has 1 aromatic heterocycles. The second kappa shape index (κ2) is 8.39. The van der Waals surface area contributed by atoms with Crippen LogP contribution in [0.2, 0.25) is 5.02 Å². The lowest BCUT2D eigenvalue weighted by Gasteiger charge is -2.35. The summed E-state index contributed by atoms with van der Waals surface area (Å²) in [6, 6.07) is 5.25. The fourth-order valence-electron chi connectivity index (χ4n) is 3.45. The van der Waals surface area contributed by atoms with Crippen molar-refractivity contribution >= 4 is 34.6 Å². The lowest BCUT2D eigenvalue weighted by atomic mass is 10.00. The highest BCUT2D eigenvalue weighted by atomic mass is 35.5. The molecule has 1 N–H and O–H groups in total. The average molecular weight is 392 g/mol. The molecule has 0 aliphatic carbocycles. The number of nitro groups is 1. The standard InChI is InChI=1S/C18H22ClN5O3/c1-3-13-6-4-5-9-23(13)18-16(24(25)26)17(20-11-21-18)22-14-10-12(19)7-8-15(14)27-2/h7-8,10-11,13H,3-6,9H2,1-2H3,(H,20,21,22). The quantitative estimate of drug-likeness (QED) is 0.569. The first kappa shape index (κ1) is 19.2. The van der Waals surface area contributed by atoms with Crippen LogP contribution >= 0.6 is 11.6 Å². The molecular formula is C18H22ClN5O3. The van der Waals surface area contributed by atoms with Gasteiger partial charge in [0, 0.05) is 17.6 Å². The van der Waals surface area contributed by atoms with Crippen molar-refractivity contribution < 1.29 is 9.66 Å². The maximum absolute atomic E-state index is 11.9. The average Bonchev–Trinajstić information content (AvgIpc) is 2.67. The molecule has 27 heavy (non-hydrogen) atoms.